The van der Waals surface area contributed by atoms with Crippen LogP contribution in [0.2, 0.25) is 0 Å². The molecule has 1 aromatic rings. The van der Waals surface area contributed by atoms with Crippen molar-refractivity contribution in [1.29, 1.82) is 0 Å². The summed E-state index contributed by atoms with van der Waals surface area (Å²) in [6.45, 7) is 3.57. The number of hydrogen-bond acceptors (Lipinski definition) is 1. The van der Waals surface area contributed by atoms with Crippen molar-refractivity contribution in [3.8, 4) is 5.75 Å². The van der Waals surface area contributed by atoms with E-state index in [0.717, 1.165) is 0 Å². The van der Waals surface area contributed by atoms with Gasteiger partial charge in [0.2, 0.25) is 0 Å². The molecule has 0 aliphatic heterocycles. The van der Waals surface area contributed by atoms with E-state index >= 15 is 0 Å². The topological polar surface area (TPSA) is 9.23 Å². The van der Waals surface area contributed by atoms with Gasteiger partial charge in [-0.15, -0.1) is 0 Å². The van der Waals surface area contributed by atoms with Crippen molar-refractivity contribution >= 4 is 0 Å². The first-order chi connectivity index (χ1) is 5.65. The summed E-state index contributed by atoms with van der Waals surface area (Å²) in [5.74, 6) is -1.58. The lowest BCUT2D eigenvalue weighted by molar-refractivity contribution is 0.302. The molecule has 0 spiro atoms. The maximum Gasteiger partial charge on any atom is 0.190 e. The van der Waals surface area contributed by atoms with Crippen molar-refractivity contribution in [1.82, 2.24) is 0 Å². The van der Waals surface area contributed by atoms with Crippen molar-refractivity contribution in [3.63, 3.8) is 0 Å². The molecule has 0 saturated carbocycles. The molecule has 12 heavy (non-hydrogen) atoms. The normalized spacial score (nSPS) is 10.0. The molecular formula is C9H10F2O. The minimum absolute atomic E-state index is 0.261. The fraction of sp³-hybridized carbons (Fsp3) is 0.333. The van der Waals surface area contributed by atoms with Gasteiger partial charge in [-0.2, -0.15) is 0 Å². The van der Waals surface area contributed by atoms with Gasteiger partial charge in [0, 0.05) is 0 Å². The Morgan fingerprint density at radius 2 is 1.75 bits per heavy atom. The molecule has 1 nitrogen and oxygen atoms in total. The molecule has 0 fully saturated rings. The fourth-order valence-electron chi connectivity index (χ4n) is 0.969. The van der Waals surface area contributed by atoms with Crippen molar-refractivity contribution < 1.29 is 13.5 Å². The molecule has 0 amide bonds. The Kier molecular flexibility index (Phi) is 2.63. The quantitative estimate of drug-likeness (QED) is 0.666. The standard InChI is InChI=1S/C9H10F2O/c1-3-12-9-7(10)4-6(2)5-8(9)11/h4-5H,3H2,1-2H3. The van der Waals surface area contributed by atoms with Gasteiger partial charge in [0.1, 0.15) is 0 Å². The molecule has 3 heteroatoms. The highest BCUT2D eigenvalue weighted by Crippen LogP contribution is 2.22. The van der Waals surface area contributed by atoms with E-state index in [2.05, 4.69) is 0 Å². The van der Waals surface area contributed by atoms with E-state index in [9.17, 15) is 8.78 Å². The summed E-state index contributed by atoms with van der Waals surface area (Å²) in [5.41, 5.74) is 0.549. The van der Waals surface area contributed by atoms with Gasteiger partial charge in [0.15, 0.2) is 17.4 Å². The smallest absolute Gasteiger partial charge is 0.190 e. The van der Waals surface area contributed by atoms with Crippen LogP contribution in [0.15, 0.2) is 12.1 Å². The highest BCUT2D eigenvalue weighted by molar-refractivity contribution is 5.30. The molecule has 0 aliphatic rings. The molecule has 0 saturated heterocycles. The summed E-state index contributed by atoms with van der Waals surface area (Å²) in [7, 11) is 0. The van der Waals surface area contributed by atoms with Crippen LogP contribution in [0, 0.1) is 18.6 Å². The minimum atomic E-state index is -0.644. The Bertz CT molecular complexity index is 261. The van der Waals surface area contributed by atoms with Crippen LogP contribution in [0.3, 0.4) is 0 Å². The van der Waals surface area contributed by atoms with Crippen LogP contribution in [-0.4, -0.2) is 6.61 Å². The zero-order chi connectivity index (χ0) is 9.14. The van der Waals surface area contributed by atoms with Crippen molar-refractivity contribution in [2.75, 3.05) is 6.61 Å². The molecule has 0 radical (unpaired) electrons. The molecule has 0 aromatic heterocycles. The van der Waals surface area contributed by atoms with E-state index < -0.39 is 11.6 Å². The predicted molar refractivity (Wildman–Crippen MR) is 42.3 cm³/mol. The third-order valence-electron chi connectivity index (χ3n) is 1.43. The van der Waals surface area contributed by atoms with Crippen LogP contribution < -0.4 is 4.74 Å². The number of rotatable bonds is 2. The summed E-state index contributed by atoms with van der Waals surface area (Å²) < 4.78 is 30.6. The van der Waals surface area contributed by atoms with Crippen LogP contribution >= 0.6 is 0 Å². The fourth-order valence-corrected chi connectivity index (χ4v) is 0.969. The van der Waals surface area contributed by atoms with Gasteiger partial charge in [-0.3, -0.25) is 0 Å². The molecular weight excluding hydrogens is 162 g/mol. The summed E-state index contributed by atoms with van der Waals surface area (Å²) in [6.07, 6.45) is 0. The lowest BCUT2D eigenvalue weighted by atomic mass is 10.2. The predicted octanol–water partition coefficient (Wildman–Crippen LogP) is 2.67. The number of benzene rings is 1. The van der Waals surface area contributed by atoms with E-state index in [1.165, 1.54) is 12.1 Å². The lowest BCUT2D eigenvalue weighted by Gasteiger charge is -2.05. The first-order valence-corrected chi connectivity index (χ1v) is 3.73. The molecule has 0 unspecified atom stereocenters. The van der Waals surface area contributed by atoms with E-state index in [-0.39, 0.29) is 12.4 Å². The van der Waals surface area contributed by atoms with Crippen molar-refractivity contribution in [2.24, 2.45) is 0 Å². The van der Waals surface area contributed by atoms with Crippen LogP contribution in [-0.2, 0) is 0 Å². The van der Waals surface area contributed by atoms with Gasteiger partial charge in [0.25, 0.3) is 0 Å². The lowest BCUT2D eigenvalue weighted by Crippen LogP contribution is -1.98. The number of aryl methyl sites for hydroxylation is 1. The van der Waals surface area contributed by atoms with Crippen LogP contribution in [0.4, 0.5) is 8.78 Å². The van der Waals surface area contributed by atoms with Gasteiger partial charge in [-0.05, 0) is 31.5 Å². The summed E-state index contributed by atoms with van der Waals surface area (Å²) in [5, 5.41) is 0. The Labute approximate surface area is 70.0 Å². The van der Waals surface area contributed by atoms with E-state index in [0.29, 0.717) is 5.56 Å². The zero-order valence-corrected chi connectivity index (χ0v) is 7.03. The van der Waals surface area contributed by atoms with E-state index in [4.69, 9.17) is 4.74 Å². The van der Waals surface area contributed by atoms with E-state index in [1.807, 2.05) is 0 Å². The molecule has 66 valence electrons. The monoisotopic (exact) mass is 172 g/mol. The van der Waals surface area contributed by atoms with E-state index in [1.54, 1.807) is 13.8 Å². The maximum atomic E-state index is 12.9. The van der Waals surface area contributed by atoms with Crippen LogP contribution in [0.25, 0.3) is 0 Å². The van der Waals surface area contributed by atoms with Crippen LogP contribution in [0.1, 0.15) is 12.5 Å². The van der Waals surface area contributed by atoms with Gasteiger partial charge in [0.05, 0.1) is 6.61 Å². The van der Waals surface area contributed by atoms with Crippen LogP contribution in [0.5, 0.6) is 5.75 Å². The van der Waals surface area contributed by atoms with Gasteiger partial charge < -0.3 is 4.74 Å². The number of halogens is 2. The second kappa shape index (κ2) is 3.52. The average Bonchev–Trinajstić information content (AvgIpc) is 1.96. The van der Waals surface area contributed by atoms with Crippen molar-refractivity contribution in [2.45, 2.75) is 13.8 Å². The largest absolute Gasteiger partial charge is 0.488 e. The second-order valence-electron chi connectivity index (χ2n) is 2.49. The molecule has 0 N–H and O–H groups in total. The molecule has 0 atom stereocenters. The first kappa shape index (κ1) is 8.97. The third-order valence-corrected chi connectivity index (χ3v) is 1.43. The SMILES string of the molecule is CCOc1c(F)cc(C)cc1F. The Morgan fingerprint density at radius 3 is 2.17 bits per heavy atom. The van der Waals surface area contributed by atoms with Crippen molar-refractivity contribution in [3.05, 3.63) is 29.3 Å². The minimum Gasteiger partial charge on any atom is -0.488 e. The third kappa shape index (κ3) is 1.72. The first-order valence-electron chi connectivity index (χ1n) is 3.73. The summed E-state index contributed by atoms with van der Waals surface area (Å²) >= 11 is 0. The number of ether oxygens (including phenoxy) is 1. The molecule has 0 bridgehead atoms. The zero-order valence-electron chi connectivity index (χ0n) is 7.03. The van der Waals surface area contributed by atoms with Gasteiger partial charge in [-0.1, -0.05) is 0 Å². The highest BCUT2D eigenvalue weighted by atomic mass is 19.1. The summed E-state index contributed by atoms with van der Waals surface area (Å²) in [6, 6.07) is 2.49. The number of hydrogen-bond donors (Lipinski definition) is 0. The van der Waals surface area contributed by atoms with Gasteiger partial charge >= 0.3 is 0 Å². The highest BCUT2D eigenvalue weighted by Gasteiger charge is 2.09. The Balaban J connectivity index is 3.10. The molecule has 0 aliphatic carbocycles. The second-order valence-corrected chi connectivity index (χ2v) is 2.49. The maximum absolute atomic E-state index is 12.9. The average molecular weight is 172 g/mol. The Hall–Kier alpha value is -1.12. The Morgan fingerprint density at radius 1 is 1.25 bits per heavy atom. The van der Waals surface area contributed by atoms with Gasteiger partial charge in [-0.25, -0.2) is 8.78 Å². The summed E-state index contributed by atoms with van der Waals surface area (Å²) in [4.78, 5) is 0. The molecule has 1 rings (SSSR count). The molecule has 1 aromatic carbocycles. The molecule has 0 heterocycles.